The number of hydrogen-bond acceptors (Lipinski definition) is 3. The van der Waals surface area contributed by atoms with E-state index in [1.54, 1.807) is 0 Å². The zero-order valence-corrected chi connectivity index (χ0v) is 11.4. The van der Waals surface area contributed by atoms with Crippen LogP contribution in [-0.2, 0) is 0 Å². The van der Waals surface area contributed by atoms with Crippen LogP contribution in [0, 0.1) is 0 Å². The smallest absolute Gasteiger partial charge is 0.0350 e. The van der Waals surface area contributed by atoms with Gasteiger partial charge in [0, 0.05) is 44.6 Å². The number of aromatic nitrogens is 1. The molecule has 1 aromatic heterocycles. The first kappa shape index (κ1) is 13.5. The maximum atomic E-state index is 4.14. The molecule has 0 radical (unpaired) electrons. The van der Waals surface area contributed by atoms with Gasteiger partial charge in [-0.25, -0.2) is 0 Å². The number of nitrogens with zero attached hydrogens (tertiary/aromatic N) is 2. The third-order valence-corrected chi connectivity index (χ3v) is 3.76. The van der Waals surface area contributed by atoms with Crippen molar-refractivity contribution in [3.8, 4) is 0 Å². The molecule has 0 unspecified atom stereocenters. The average molecular weight is 247 g/mol. The number of rotatable bonds is 6. The predicted octanol–water partition coefficient (Wildman–Crippen LogP) is 2.61. The summed E-state index contributed by atoms with van der Waals surface area (Å²) in [5.74, 6) is 0. The Kier molecular flexibility index (Phi) is 5.62. The maximum Gasteiger partial charge on any atom is 0.0350 e. The number of unbranched alkanes of at least 4 members (excludes halogenated alkanes) is 2. The summed E-state index contributed by atoms with van der Waals surface area (Å²) < 4.78 is 0. The van der Waals surface area contributed by atoms with Gasteiger partial charge in [0.2, 0.25) is 0 Å². The molecule has 0 aromatic carbocycles. The molecule has 1 aliphatic heterocycles. The second kappa shape index (κ2) is 7.49. The SMILES string of the molecule is CCCCC[C@@H](c1ccncc1)N1CCNCC1. The van der Waals surface area contributed by atoms with Gasteiger partial charge < -0.3 is 5.32 Å². The predicted molar refractivity (Wildman–Crippen MR) is 75.6 cm³/mol. The molecule has 1 aromatic rings. The zero-order valence-electron chi connectivity index (χ0n) is 11.4. The van der Waals surface area contributed by atoms with Crippen LogP contribution in [0.15, 0.2) is 24.5 Å². The first-order valence-electron chi connectivity index (χ1n) is 7.26. The molecule has 0 amide bonds. The van der Waals surface area contributed by atoms with Crippen molar-refractivity contribution in [2.45, 2.75) is 38.6 Å². The summed E-state index contributed by atoms with van der Waals surface area (Å²) in [7, 11) is 0. The molecule has 2 heterocycles. The summed E-state index contributed by atoms with van der Waals surface area (Å²) in [6, 6.07) is 4.94. The highest BCUT2D eigenvalue weighted by molar-refractivity contribution is 5.15. The van der Waals surface area contributed by atoms with E-state index >= 15 is 0 Å². The monoisotopic (exact) mass is 247 g/mol. The fourth-order valence-corrected chi connectivity index (χ4v) is 2.73. The third kappa shape index (κ3) is 3.79. The molecule has 0 bridgehead atoms. The van der Waals surface area contributed by atoms with Crippen LogP contribution in [0.4, 0.5) is 0 Å². The number of nitrogens with one attached hydrogen (secondary N) is 1. The van der Waals surface area contributed by atoms with Crippen molar-refractivity contribution in [2.75, 3.05) is 26.2 Å². The number of pyridine rings is 1. The van der Waals surface area contributed by atoms with Crippen LogP contribution in [0.25, 0.3) is 0 Å². The Labute approximate surface area is 111 Å². The minimum atomic E-state index is 0.585. The first-order chi connectivity index (χ1) is 8.92. The highest BCUT2D eigenvalue weighted by Crippen LogP contribution is 2.26. The van der Waals surface area contributed by atoms with E-state index in [4.69, 9.17) is 0 Å². The molecule has 2 rings (SSSR count). The summed E-state index contributed by atoms with van der Waals surface area (Å²) in [5.41, 5.74) is 1.43. The standard InChI is InChI=1S/C15H25N3/c1-2-3-4-5-15(14-6-8-16-9-7-14)18-12-10-17-11-13-18/h6-9,15,17H,2-5,10-13H2,1H3/t15-/m0/s1. The molecular weight excluding hydrogens is 222 g/mol. The lowest BCUT2D eigenvalue weighted by Crippen LogP contribution is -2.45. The lowest BCUT2D eigenvalue weighted by atomic mass is 9.99. The molecule has 3 nitrogen and oxygen atoms in total. The van der Waals surface area contributed by atoms with Crippen molar-refractivity contribution in [3.63, 3.8) is 0 Å². The molecule has 1 N–H and O–H groups in total. The van der Waals surface area contributed by atoms with Crippen LogP contribution in [0.2, 0.25) is 0 Å². The van der Waals surface area contributed by atoms with E-state index in [0.717, 1.165) is 13.1 Å². The summed E-state index contributed by atoms with van der Waals surface area (Å²) >= 11 is 0. The first-order valence-corrected chi connectivity index (χ1v) is 7.26. The molecule has 1 aliphatic rings. The normalized spacial score (nSPS) is 18.7. The Morgan fingerprint density at radius 2 is 1.94 bits per heavy atom. The van der Waals surface area contributed by atoms with Crippen molar-refractivity contribution < 1.29 is 0 Å². The number of hydrogen-bond donors (Lipinski definition) is 1. The summed E-state index contributed by atoms with van der Waals surface area (Å²) in [6.45, 7) is 6.84. The highest BCUT2D eigenvalue weighted by Gasteiger charge is 2.21. The van der Waals surface area contributed by atoms with Crippen molar-refractivity contribution in [1.82, 2.24) is 15.2 Å². The molecule has 0 saturated carbocycles. The van der Waals surface area contributed by atoms with Gasteiger partial charge in [-0.1, -0.05) is 26.2 Å². The van der Waals surface area contributed by atoms with Gasteiger partial charge >= 0.3 is 0 Å². The summed E-state index contributed by atoms with van der Waals surface area (Å²) in [4.78, 5) is 6.76. The lowest BCUT2D eigenvalue weighted by Gasteiger charge is -2.35. The van der Waals surface area contributed by atoms with Gasteiger partial charge in [-0.05, 0) is 24.1 Å². The van der Waals surface area contributed by atoms with Gasteiger partial charge in [-0.2, -0.15) is 0 Å². The van der Waals surface area contributed by atoms with Gasteiger partial charge in [-0.15, -0.1) is 0 Å². The molecule has 100 valence electrons. The molecule has 1 saturated heterocycles. The fraction of sp³-hybridized carbons (Fsp3) is 0.667. The van der Waals surface area contributed by atoms with Crippen molar-refractivity contribution in [2.24, 2.45) is 0 Å². The second-order valence-corrected chi connectivity index (χ2v) is 5.08. The minimum Gasteiger partial charge on any atom is -0.314 e. The van der Waals surface area contributed by atoms with E-state index < -0.39 is 0 Å². The Balaban J connectivity index is 2.01. The fourth-order valence-electron chi connectivity index (χ4n) is 2.73. The van der Waals surface area contributed by atoms with Crippen LogP contribution in [-0.4, -0.2) is 36.1 Å². The van der Waals surface area contributed by atoms with Gasteiger partial charge in [0.05, 0.1) is 0 Å². The van der Waals surface area contributed by atoms with Crippen LogP contribution in [0.3, 0.4) is 0 Å². The van der Waals surface area contributed by atoms with Crippen LogP contribution < -0.4 is 5.32 Å². The molecule has 1 atom stereocenters. The molecule has 18 heavy (non-hydrogen) atoms. The largest absolute Gasteiger partial charge is 0.314 e. The van der Waals surface area contributed by atoms with Crippen molar-refractivity contribution >= 4 is 0 Å². The van der Waals surface area contributed by atoms with E-state index in [2.05, 4.69) is 34.3 Å². The molecular formula is C15H25N3. The van der Waals surface area contributed by atoms with E-state index in [1.165, 1.54) is 44.3 Å². The molecule has 0 aliphatic carbocycles. The Bertz CT molecular complexity index is 320. The van der Waals surface area contributed by atoms with Gasteiger partial charge in [-0.3, -0.25) is 9.88 Å². The highest BCUT2D eigenvalue weighted by atomic mass is 15.2. The van der Waals surface area contributed by atoms with E-state index in [0.29, 0.717) is 6.04 Å². The van der Waals surface area contributed by atoms with Crippen LogP contribution in [0.1, 0.15) is 44.2 Å². The molecule has 3 heteroatoms. The summed E-state index contributed by atoms with van der Waals surface area (Å²) in [5, 5.41) is 3.43. The van der Waals surface area contributed by atoms with Crippen molar-refractivity contribution in [1.29, 1.82) is 0 Å². The van der Waals surface area contributed by atoms with Gasteiger partial charge in [0.15, 0.2) is 0 Å². The van der Waals surface area contributed by atoms with E-state index in [-0.39, 0.29) is 0 Å². The van der Waals surface area contributed by atoms with Gasteiger partial charge in [0.1, 0.15) is 0 Å². The van der Waals surface area contributed by atoms with E-state index in [1.807, 2.05) is 12.4 Å². The zero-order chi connectivity index (χ0) is 12.6. The average Bonchev–Trinajstić information content (AvgIpc) is 2.46. The maximum absolute atomic E-state index is 4.14. The summed E-state index contributed by atoms with van der Waals surface area (Å²) in [6.07, 6.45) is 9.08. The van der Waals surface area contributed by atoms with Crippen molar-refractivity contribution in [3.05, 3.63) is 30.1 Å². The van der Waals surface area contributed by atoms with E-state index in [9.17, 15) is 0 Å². The van der Waals surface area contributed by atoms with Crippen LogP contribution >= 0.6 is 0 Å². The minimum absolute atomic E-state index is 0.585. The Morgan fingerprint density at radius 1 is 1.22 bits per heavy atom. The van der Waals surface area contributed by atoms with Gasteiger partial charge in [0.25, 0.3) is 0 Å². The molecule has 1 fully saturated rings. The molecule has 0 spiro atoms. The quantitative estimate of drug-likeness (QED) is 0.783. The Morgan fingerprint density at radius 3 is 2.61 bits per heavy atom. The topological polar surface area (TPSA) is 28.2 Å². The second-order valence-electron chi connectivity index (χ2n) is 5.08. The number of piperazine rings is 1. The Hall–Kier alpha value is -0.930. The lowest BCUT2D eigenvalue weighted by molar-refractivity contribution is 0.162. The van der Waals surface area contributed by atoms with Crippen LogP contribution in [0.5, 0.6) is 0 Å². The third-order valence-electron chi connectivity index (χ3n) is 3.76.